The molecule has 0 aromatic carbocycles. The van der Waals surface area contributed by atoms with Crippen LogP contribution in [0.2, 0.25) is 0 Å². The number of esters is 1. The summed E-state index contributed by atoms with van der Waals surface area (Å²) in [5.41, 5.74) is 5.67. The second-order valence-electron chi connectivity index (χ2n) is 4.79. The number of nitrogens with zero attached hydrogens (tertiary/aromatic N) is 1. The van der Waals surface area contributed by atoms with Gasteiger partial charge in [-0.3, -0.25) is 14.4 Å². The van der Waals surface area contributed by atoms with Gasteiger partial charge >= 0.3 is 5.97 Å². The van der Waals surface area contributed by atoms with E-state index >= 15 is 0 Å². The van der Waals surface area contributed by atoms with E-state index in [1.165, 1.54) is 4.90 Å². The third-order valence-corrected chi connectivity index (χ3v) is 3.18. The van der Waals surface area contributed by atoms with E-state index in [4.69, 9.17) is 5.73 Å². The number of carbonyl (C=O) groups excluding carboxylic acids is 3. The van der Waals surface area contributed by atoms with Gasteiger partial charge in [0, 0.05) is 6.54 Å². The molecule has 0 bridgehead atoms. The van der Waals surface area contributed by atoms with E-state index in [0.29, 0.717) is 13.0 Å². The minimum Gasteiger partial charge on any atom is -0.434 e. The van der Waals surface area contributed by atoms with Crippen molar-refractivity contribution in [1.29, 1.82) is 0 Å². The van der Waals surface area contributed by atoms with Crippen LogP contribution < -0.4 is 11.1 Å². The molecule has 1 saturated heterocycles. The summed E-state index contributed by atoms with van der Waals surface area (Å²) < 4.78 is 4.51. The van der Waals surface area contributed by atoms with Gasteiger partial charge in [-0.1, -0.05) is 12.2 Å². The highest BCUT2D eigenvalue weighted by atomic mass is 16.6. The molecule has 8 nitrogen and oxygen atoms in total. The van der Waals surface area contributed by atoms with Crippen molar-refractivity contribution in [2.24, 2.45) is 5.73 Å². The van der Waals surface area contributed by atoms with E-state index in [0.717, 1.165) is 0 Å². The van der Waals surface area contributed by atoms with Crippen LogP contribution in [0.1, 0.15) is 12.8 Å². The van der Waals surface area contributed by atoms with Gasteiger partial charge in [0.05, 0.1) is 19.0 Å². The number of cyclic esters (lactones) is 1. The molecule has 3 unspecified atom stereocenters. The maximum Gasteiger partial charge on any atom is 0.310 e. The number of hydrogen-bond donors (Lipinski definition) is 3. The Hall–Kier alpha value is -1.93. The molecule has 2 amide bonds. The highest BCUT2D eigenvalue weighted by Crippen LogP contribution is 2.12. The van der Waals surface area contributed by atoms with Crippen molar-refractivity contribution in [3.63, 3.8) is 0 Å². The maximum absolute atomic E-state index is 11.9. The zero-order valence-electron chi connectivity index (χ0n) is 10.8. The van der Waals surface area contributed by atoms with Crippen LogP contribution >= 0.6 is 0 Å². The lowest BCUT2D eigenvalue weighted by molar-refractivity contribution is -0.155. The summed E-state index contributed by atoms with van der Waals surface area (Å²) in [6.45, 7) is 0.136. The largest absolute Gasteiger partial charge is 0.434 e. The van der Waals surface area contributed by atoms with Crippen LogP contribution in [0.4, 0.5) is 0 Å². The summed E-state index contributed by atoms with van der Waals surface area (Å²) in [6, 6.07) is -1.43. The van der Waals surface area contributed by atoms with Crippen LogP contribution in [0, 0.1) is 0 Å². The van der Waals surface area contributed by atoms with E-state index in [9.17, 15) is 19.5 Å². The van der Waals surface area contributed by atoms with Crippen LogP contribution in [0.3, 0.4) is 0 Å². The first-order valence-electron chi connectivity index (χ1n) is 6.33. The van der Waals surface area contributed by atoms with Gasteiger partial charge in [0.15, 0.2) is 0 Å². The van der Waals surface area contributed by atoms with Crippen LogP contribution in [0.15, 0.2) is 12.2 Å². The highest BCUT2D eigenvalue weighted by molar-refractivity contribution is 5.88. The fourth-order valence-electron chi connectivity index (χ4n) is 2.11. The summed E-state index contributed by atoms with van der Waals surface area (Å²) in [7, 11) is 0. The minimum atomic E-state index is -1.34. The van der Waals surface area contributed by atoms with Gasteiger partial charge in [-0.05, 0) is 6.42 Å². The van der Waals surface area contributed by atoms with Gasteiger partial charge in [0.1, 0.15) is 6.04 Å². The monoisotopic (exact) mass is 283 g/mol. The zero-order valence-corrected chi connectivity index (χ0v) is 10.8. The molecule has 4 N–H and O–H groups in total. The van der Waals surface area contributed by atoms with Gasteiger partial charge in [-0.15, -0.1) is 0 Å². The predicted octanol–water partition coefficient (Wildman–Crippen LogP) is -2.15. The van der Waals surface area contributed by atoms with E-state index in [1.807, 2.05) is 0 Å². The Bertz CT molecular complexity index is 450. The van der Waals surface area contributed by atoms with Crippen molar-refractivity contribution >= 4 is 17.8 Å². The van der Waals surface area contributed by atoms with Crippen molar-refractivity contribution in [1.82, 2.24) is 10.2 Å². The first-order valence-corrected chi connectivity index (χ1v) is 6.33. The summed E-state index contributed by atoms with van der Waals surface area (Å²) >= 11 is 0. The number of rotatable bonds is 3. The van der Waals surface area contributed by atoms with Gasteiger partial charge in [-0.25, -0.2) is 0 Å². The Labute approximate surface area is 115 Å². The Morgan fingerprint density at radius 1 is 1.50 bits per heavy atom. The third kappa shape index (κ3) is 3.34. The van der Waals surface area contributed by atoms with E-state index < -0.39 is 30.3 Å². The second-order valence-corrected chi connectivity index (χ2v) is 4.79. The number of nitrogens with two attached hydrogens (primary N) is 1. The SMILES string of the molecule is NC1CC=CCN(CC(=O)NC2CC(=O)OC2O)C1=O. The molecule has 0 aliphatic carbocycles. The summed E-state index contributed by atoms with van der Waals surface area (Å²) in [5.74, 6) is -1.34. The molecule has 0 aromatic rings. The minimum absolute atomic E-state index is 0.0831. The second kappa shape index (κ2) is 6.02. The Kier molecular flexibility index (Phi) is 4.35. The van der Waals surface area contributed by atoms with Crippen LogP contribution in [-0.4, -0.2) is 59.3 Å². The first kappa shape index (κ1) is 14.5. The third-order valence-electron chi connectivity index (χ3n) is 3.18. The lowest BCUT2D eigenvalue weighted by Crippen LogP contribution is -2.49. The molecule has 20 heavy (non-hydrogen) atoms. The smallest absolute Gasteiger partial charge is 0.310 e. The van der Waals surface area contributed by atoms with Crippen LogP contribution in [-0.2, 0) is 19.1 Å². The van der Waals surface area contributed by atoms with E-state index in [1.54, 1.807) is 12.2 Å². The number of hydrogen-bond acceptors (Lipinski definition) is 6. The molecule has 110 valence electrons. The predicted molar refractivity (Wildman–Crippen MR) is 67.0 cm³/mol. The molecule has 2 rings (SSSR count). The fraction of sp³-hybridized carbons (Fsp3) is 0.583. The molecule has 0 saturated carbocycles. The number of ether oxygens (including phenoxy) is 1. The molecular weight excluding hydrogens is 266 g/mol. The topological polar surface area (TPSA) is 122 Å². The molecule has 8 heteroatoms. The van der Waals surface area contributed by atoms with Crippen molar-refractivity contribution < 1.29 is 24.2 Å². The zero-order chi connectivity index (χ0) is 14.7. The van der Waals surface area contributed by atoms with Crippen LogP contribution in [0.25, 0.3) is 0 Å². The molecule has 2 aliphatic rings. The number of aliphatic hydroxyl groups is 1. The summed E-state index contributed by atoms with van der Waals surface area (Å²) in [4.78, 5) is 36.0. The van der Waals surface area contributed by atoms with Crippen LogP contribution in [0.5, 0.6) is 0 Å². The standard InChI is InChI=1S/C12H17N3O5/c13-7-3-1-2-4-15(11(7)18)6-9(16)14-8-5-10(17)20-12(8)19/h1-2,7-8,12,19H,3-6,13H2,(H,14,16). The molecule has 3 atom stereocenters. The quantitative estimate of drug-likeness (QED) is 0.401. The highest BCUT2D eigenvalue weighted by Gasteiger charge is 2.35. The number of aliphatic hydroxyl groups excluding tert-OH is 1. The Morgan fingerprint density at radius 3 is 2.90 bits per heavy atom. The lowest BCUT2D eigenvalue weighted by atomic mass is 10.2. The molecule has 0 aromatic heterocycles. The average Bonchev–Trinajstić information content (AvgIpc) is 2.61. The van der Waals surface area contributed by atoms with E-state index in [-0.39, 0.29) is 18.9 Å². The Balaban J connectivity index is 1.89. The first-order chi connectivity index (χ1) is 9.47. The van der Waals surface area contributed by atoms with Gasteiger partial charge in [-0.2, -0.15) is 0 Å². The van der Waals surface area contributed by atoms with Crippen molar-refractivity contribution in [2.45, 2.75) is 31.2 Å². The number of nitrogens with one attached hydrogen (secondary N) is 1. The number of amides is 2. The molecule has 1 fully saturated rings. The number of carbonyl (C=O) groups is 3. The summed E-state index contributed by atoms with van der Waals surface area (Å²) in [6.07, 6.45) is 2.59. The molecule has 2 heterocycles. The van der Waals surface area contributed by atoms with Crippen molar-refractivity contribution in [3.05, 3.63) is 12.2 Å². The molecular formula is C12H17N3O5. The molecule has 0 spiro atoms. The van der Waals surface area contributed by atoms with E-state index in [2.05, 4.69) is 10.1 Å². The van der Waals surface area contributed by atoms with Crippen molar-refractivity contribution in [2.75, 3.05) is 13.1 Å². The maximum atomic E-state index is 11.9. The van der Waals surface area contributed by atoms with Gasteiger partial charge < -0.3 is 25.8 Å². The fourth-order valence-corrected chi connectivity index (χ4v) is 2.11. The average molecular weight is 283 g/mol. The molecule has 2 aliphatic heterocycles. The lowest BCUT2D eigenvalue weighted by Gasteiger charge is -2.23. The van der Waals surface area contributed by atoms with Gasteiger partial charge in [0.25, 0.3) is 0 Å². The van der Waals surface area contributed by atoms with Crippen molar-refractivity contribution in [3.8, 4) is 0 Å². The summed E-state index contributed by atoms with van der Waals surface area (Å²) in [5, 5.41) is 11.9. The molecule has 0 radical (unpaired) electrons. The van der Waals surface area contributed by atoms with Gasteiger partial charge in [0.2, 0.25) is 18.1 Å². The Morgan fingerprint density at radius 2 is 2.25 bits per heavy atom. The normalized spacial score (nSPS) is 30.1.